The van der Waals surface area contributed by atoms with E-state index >= 15 is 0 Å². The van der Waals surface area contributed by atoms with E-state index in [0.717, 1.165) is 26.6 Å². The van der Waals surface area contributed by atoms with Crippen LogP contribution in [0.5, 0.6) is 0 Å². The van der Waals surface area contributed by atoms with Gasteiger partial charge in [-0.3, -0.25) is 4.98 Å². The van der Waals surface area contributed by atoms with Crippen LogP contribution in [-0.4, -0.2) is 9.97 Å². The minimum Gasteiger partial charge on any atom is -0.264 e. The Morgan fingerprint density at radius 1 is 1.14 bits per heavy atom. The molecule has 2 heterocycles. The summed E-state index contributed by atoms with van der Waals surface area (Å²) in [5.74, 6) is 0.434. The highest BCUT2D eigenvalue weighted by molar-refractivity contribution is 7.18. The number of benzene rings is 1. The smallest absolute Gasteiger partial charge is 0.125 e. The van der Waals surface area contributed by atoms with E-state index < -0.39 is 0 Å². The van der Waals surface area contributed by atoms with E-state index in [-0.39, 0.29) is 0 Å². The molecule has 0 fully saturated rings. The van der Waals surface area contributed by atoms with Gasteiger partial charge < -0.3 is 0 Å². The largest absolute Gasteiger partial charge is 0.264 e. The first-order chi connectivity index (χ1) is 10.3. The fourth-order valence-electron chi connectivity index (χ4n) is 1.97. The molecule has 0 N–H and O–H groups in total. The molecule has 0 aliphatic rings. The van der Waals surface area contributed by atoms with Crippen LogP contribution in [-0.2, 0) is 5.88 Å². The van der Waals surface area contributed by atoms with Gasteiger partial charge in [-0.25, -0.2) is 4.98 Å². The maximum atomic E-state index is 8.83. The minimum atomic E-state index is 0.434. The second-order valence-corrected chi connectivity index (χ2v) is 5.68. The summed E-state index contributed by atoms with van der Waals surface area (Å²) in [4.78, 5) is 9.67. The zero-order valence-electron chi connectivity index (χ0n) is 11.0. The summed E-state index contributed by atoms with van der Waals surface area (Å²) in [5.41, 5.74) is 3.69. The number of alkyl halides is 1. The zero-order chi connectivity index (χ0) is 14.7. The van der Waals surface area contributed by atoms with Gasteiger partial charge in [-0.05, 0) is 29.3 Å². The molecule has 0 radical (unpaired) electrons. The summed E-state index contributed by atoms with van der Waals surface area (Å²) in [6.07, 6.45) is 5.36. The molecule has 21 heavy (non-hydrogen) atoms. The lowest BCUT2D eigenvalue weighted by molar-refractivity contribution is 1.26. The first kappa shape index (κ1) is 13.7. The van der Waals surface area contributed by atoms with Crippen LogP contribution in [0.25, 0.3) is 21.0 Å². The van der Waals surface area contributed by atoms with Crippen molar-refractivity contribution in [3.8, 4) is 27.1 Å². The summed E-state index contributed by atoms with van der Waals surface area (Å²) < 4.78 is 0. The van der Waals surface area contributed by atoms with Gasteiger partial charge in [-0.2, -0.15) is 5.26 Å². The molecule has 5 heteroatoms. The Balaban J connectivity index is 1.98. The van der Waals surface area contributed by atoms with E-state index in [9.17, 15) is 0 Å². The standard InChI is InChI=1S/C16H10ClN3S/c17-7-13-5-6-19-9-14(13)16-20-10-15(21-16)12-3-1-11(8-18)2-4-12/h1-6,9-10H,7H2. The van der Waals surface area contributed by atoms with Crippen LogP contribution in [0.4, 0.5) is 0 Å². The first-order valence-corrected chi connectivity index (χ1v) is 7.62. The highest BCUT2D eigenvalue weighted by atomic mass is 35.5. The normalized spacial score (nSPS) is 10.3. The van der Waals surface area contributed by atoms with Gasteiger partial charge >= 0.3 is 0 Å². The summed E-state index contributed by atoms with van der Waals surface area (Å²) >= 11 is 7.55. The maximum Gasteiger partial charge on any atom is 0.125 e. The molecule has 0 saturated carbocycles. The van der Waals surface area contributed by atoms with Gasteiger partial charge in [0.05, 0.1) is 16.5 Å². The Labute approximate surface area is 131 Å². The van der Waals surface area contributed by atoms with Crippen LogP contribution < -0.4 is 0 Å². The summed E-state index contributed by atoms with van der Waals surface area (Å²) in [6.45, 7) is 0. The van der Waals surface area contributed by atoms with Crippen LogP contribution in [0.3, 0.4) is 0 Å². The number of rotatable bonds is 3. The third-order valence-corrected chi connectivity index (χ3v) is 4.46. The molecule has 0 atom stereocenters. The van der Waals surface area contributed by atoms with Gasteiger partial charge in [0.2, 0.25) is 0 Å². The lowest BCUT2D eigenvalue weighted by Crippen LogP contribution is -1.86. The van der Waals surface area contributed by atoms with Gasteiger partial charge in [0, 0.05) is 30.0 Å². The Morgan fingerprint density at radius 3 is 2.67 bits per heavy atom. The fraction of sp³-hybridized carbons (Fsp3) is 0.0625. The predicted molar refractivity (Wildman–Crippen MR) is 85.1 cm³/mol. The summed E-state index contributed by atoms with van der Waals surface area (Å²) in [5, 5.41) is 9.73. The SMILES string of the molecule is N#Cc1ccc(-c2cnc(-c3cnccc3CCl)s2)cc1. The molecular formula is C16H10ClN3S. The molecule has 0 aliphatic heterocycles. The Bertz CT molecular complexity index is 803. The average Bonchev–Trinajstić information content (AvgIpc) is 3.04. The van der Waals surface area contributed by atoms with E-state index in [1.807, 2.05) is 36.5 Å². The topological polar surface area (TPSA) is 49.6 Å². The van der Waals surface area contributed by atoms with Crippen molar-refractivity contribution in [2.24, 2.45) is 0 Å². The maximum absolute atomic E-state index is 8.83. The Morgan fingerprint density at radius 2 is 1.95 bits per heavy atom. The number of pyridine rings is 1. The van der Waals surface area contributed by atoms with Crippen molar-refractivity contribution in [1.82, 2.24) is 9.97 Å². The van der Waals surface area contributed by atoms with Gasteiger partial charge in [-0.15, -0.1) is 22.9 Å². The number of thiazole rings is 1. The fourth-order valence-corrected chi connectivity index (χ4v) is 3.17. The number of nitrogens with zero attached hydrogens (tertiary/aromatic N) is 3. The van der Waals surface area contributed by atoms with Crippen molar-refractivity contribution < 1.29 is 0 Å². The van der Waals surface area contributed by atoms with Crippen LogP contribution in [0, 0.1) is 11.3 Å². The molecule has 1 aromatic carbocycles. The van der Waals surface area contributed by atoms with Crippen molar-refractivity contribution >= 4 is 22.9 Å². The van der Waals surface area contributed by atoms with E-state index in [4.69, 9.17) is 16.9 Å². The van der Waals surface area contributed by atoms with Crippen LogP contribution in [0.15, 0.2) is 48.9 Å². The third kappa shape index (κ3) is 2.80. The number of aromatic nitrogens is 2. The highest BCUT2D eigenvalue weighted by Gasteiger charge is 2.10. The Hall–Kier alpha value is -2.22. The Kier molecular flexibility index (Phi) is 3.96. The van der Waals surface area contributed by atoms with Crippen LogP contribution in [0.1, 0.15) is 11.1 Å². The molecule has 0 bridgehead atoms. The number of hydrogen-bond acceptors (Lipinski definition) is 4. The van der Waals surface area contributed by atoms with Crippen LogP contribution in [0.2, 0.25) is 0 Å². The lowest BCUT2D eigenvalue weighted by atomic mass is 10.1. The molecule has 3 nitrogen and oxygen atoms in total. The number of nitriles is 1. The molecule has 3 aromatic rings. The van der Waals surface area contributed by atoms with Crippen molar-refractivity contribution in [1.29, 1.82) is 5.26 Å². The monoisotopic (exact) mass is 311 g/mol. The highest BCUT2D eigenvalue weighted by Crippen LogP contribution is 2.33. The minimum absolute atomic E-state index is 0.434. The molecule has 0 amide bonds. The summed E-state index contributed by atoms with van der Waals surface area (Å²) in [7, 11) is 0. The average molecular weight is 312 g/mol. The molecule has 0 aliphatic carbocycles. The van der Waals surface area contributed by atoms with Crippen molar-refractivity contribution in [2.75, 3.05) is 0 Å². The van der Waals surface area contributed by atoms with Crippen LogP contribution >= 0.6 is 22.9 Å². The predicted octanol–water partition coefficient (Wildman–Crippen LogP) is 4.48. The number of halogens is 1. The van der Waals surface area contributed by atoms with Crippen molar-refractivity contribution in [3.63, 3.8) is 0 Å². The third-order valence-electron chi connectivity index (χ3n) is 3.09. The molecule has 102 valence electrons. The van der Waals surface area contributed by atoms with Gasteiger partial charge in [0.15, 0.2) is 0 Å². The molecule has 0 saturated heterocycles. The molecule has 2 aromatic heterocycles. The molecular weight excluding hydrogens is 302 g/mol. The van der Waals surface area contributed by atoms with E-state index in [1.54, 1.807) is 23.7 Å². The van der Waals surface area contributed by atoms with E-state index in [0.29, 0.717) is 11.4 Å². The molecule has 3 rings (SSSR count). The molecule has 0 spiro atoms. The lowest BCUT2D eigenvalue weighted by Gasteiger charge is -2.01. The van der Waals surface area contributed by atoms with Crippen molar-refractivity contribution in [3.05, 3.63) is 60.0 Å². The second kappa shape index (κ2) is 6.04. The number of hydrogen-bond donors (Lipinski definition) is 0. The quantitative estimate of drug-likeness (QED) is 0.670. The second-order valence-electron chi connectivity index (χ2n) is 4.39. The van der Waals surface area contributed by atoms with Gasteiger partial charge in [0.25, 0.3) is 0 Å². The van der Waals surface area contributed by atoms with E-state index in [2.05, 4.69) is 16.0 Å². The van der Waals surface area contributed by atoms with Gasteiger partial charge in [0.1, 0.15) is 5.01 Å². The van der Waals surface area contributed by atoms with Gasteiger partial charge in [-0.1, -0.05) is 12.1 Å². The summed E-state index contributed by atoms with van der Waals surface area (Å²) in [6, 6.07) is 11.5. The van der Waals surface area contributed by atoms with Crippen molar-refractivity contribution in [2.45, 2.75) is 5.88 Å². The zero-order valence-corrected chi connectivity index (χ0v) is 12.5. The van der Waals surface area contributed by atoms with E-state index in [1.165, 1.54) is 0 Å². The molecule has 0 unspecified atom stereocenters. The first-order valence-electron chi connectivity index (χ1n) is 6.27.